The molecular weight excluding hydrogens is 424 g/mol. The molecule has 1 saturated heterocycles. The lowest BCUT2D eigenvalue weighted by molar-refractivity contribution is 0.0206. The van der Waals surface area contributed by atoms with Crippen molar-refractivity contribution >= 4 is 34.2 Å². The Balaban J connectivity index is 1.64. The number of furan rings is 1. The highest BCUT2D eigenvalue weighted by Gasteiger charge is 2.31. The molecule has 0 aliphatic carbocycles. The highest BCUT2D eigenvalue weighted by molar-refractivity contribution is 6.30. The first kappa shape index (κ1) is 20.8. The highest BCUT2D eigenvalue weighted by atomic mass is 35.5. The molecule has 1 aliphatic heterocycles. The van der Waals surface area contributed by atoms with Crippen LogP contribution in [0.25, 0.3) is 11.0 Å². The van der Waals surface area contributed by atoms with Gasteiger partial charge in [0.05, 0.1) is 24.9 Å². The molecule has 5 rings (SSSR count). The average Bonchev–Trinajstić information content (AvgIpc) is 3.18. The number of carbonyl (C=O) groups is 1. The predicted octanol–water partition coefficient (Wildman–Crippen LogP) is 5.76. The van der Waals surface area contributed by atoms with E-state index in [2.05, 4.69) is 10.2 Å². The van der Waals surface area contributed by atoms with Gasteiger partial charge in [-0.3, -0.25) is 9.69 Å². The number of benzene rings is 3. The fourth-order valence-electron chi connectivity index (χ4n) is 4.20. The van der Waals surface area contributed by atoms with Crippen molar-refractivity contribution < 1.29 is 13.9 Å². The summed E-state index contributed by atoms with van der Waals surface area (Å²) in [6, 6.07) is 24.6. The number of nitrogens with zero attached hydrogens (tertiary/aromatic N) is 1. The Morgan fingerprint density at radius 1 is 0.938 bits per heavy atom. The summed E-state index contributed by atoms with van der Waals surface area (Å²) >= 11 is 6.35. The van der Waals surface area contributed by atoms with Crippen molar-refractivity contribution in [2.24, 2.45) is 0 Å². The molecule has 1 atom stereocenters. The molecule has 0 saturated carbocycles. The Labute approximate surface area is 191 Å². The monoisotopic (exact) mass is 446 g/mol. The van der Waals surface area contributed by atoms with Crippen molar-refractivity contribution in [3.63, 3.8) is 0 Å². The number of carbonyl (C=O) groups excluding carboxylic acids is 1. The zero-order valence-corrected chi connectivity index (χ0v) is 18.2. The maximum absolute atomic E-state index is 13.1. The van der Waals surface area contributed by atoms with Crippen LogP contribution in [0.2, 0.25) is 5.02 Å². The molecular formula is C26H23ClN2O3. The van der Waals surface area contributed by atoms with Gasteiger partial charge in [0.15, 0.2) is 0 Å². The lowest BCUT2D eigenvalue weighted by atomic mass is 10.00. The SMILES string of the molecule is O=C(Nc1c([C@H](c2cccc(Cl)c2)N2CCOCC2)oc2ccccc12)c1ccccc1. The molecule has 0 spiro atoms. The number of halogens is 1. The summed E-state index contributed by atoms with van der Waals surface area (Å²) < 4.78 is 12.0. The minimum Gasteiger partial charge on any atom is -0.457 e. The van der Waals surface area contributed by atoms with E-state index in [1.54, 1.807) is 12.1 Å². The van der Waals surface area contributed by atoms with Gasteiger partial charge in [0.1, 0.15) is 11.3 Å². The van der Waals surface area contributed by atoms with Gasteiger partial charge in [-0.2, -0.15) is 0 Å². The Bertz CT molecular complexity index is 1230. The van der Waals surface area contributed by atoms with Gasteiger partial charge in [0.2, 0.25) is 0 Å². The second-order valence-electron chi connectivity index (χ2n) is 7.76. The van der Waals surface area contributed by atoms with Crippen LogP contribution in [0.15, 0.2) is 83.3 Å². The third kappa shape index (κ3) is 4.15. The van der Waals surface area contributed by atoms with E-state index >= 15 is 0 Å². The van der Waals surface area contributed by atoms with E-state index in [-0.39, 0.29) is 11.9 Å². The number of para-hydroxylation sites is 1. The van der Waals surface area contributed by atoms with Crippen LogP contribution in [0.1, 0.15) is 27.7 Å². The smallest absolute Gasteiger partial charge is 0.255 e. The Morgan fingerprint density at radius 2 is 1.69 bits per heavy atom. The van der Waals surface area contributed by atoms with E-state index in [1.165, 1.54) is 0 Å². The predicted molar refractivity (Wildman–Crippen MR) is 126 cm³/mol. The number of ether oxygens (including phenoxy) is 1. The molecule has 4 aromatic rings. The molecule has 2 heterocycles. The van der Waals surface area contributed by atoms with Crippen molar-refractivity contribution in [1.29, 1.82) is 0 Å². The molecule has 1 aliphatic rings. The van der Waals surface area contributed by atoms with E-state index in [9.17, 15) is 4.79 Å². The summed E-state index contributed by atoms with van der Waals surface area (Å²) in [5.74, 6) is 0.518. The molecule has 32 heavy (non-hydrogen) atoms. The topological polar surface area (TPSA) is 54.7 Å². The van der Waals surface area contributed by atoms with Crippen LogP contribution in [-0.4, -0.2) is 37.1 Å². The fourth-order valence-corrected chi connectivity index (χ4v) is 4.40. The summed E-state index contributed by atoms with van der Waals surface area (Å²) in [7, 11) is 0. The van der Waals surface area contributed by atoms with E-state index in [1.807, 2.05) is 66.7 Å². The number of fused-ring (bicyclic) bond motifs is 1. The number of hydrogen-bond acceptors (Lipinski definition) is 4. The molecule has 1 amide bonds. The summed E-state index contributed by atoms with van der Waals surface area (Å²) in [6.07, 6.45) is 0. The van der Waals surface area contributed by atoms with E-state index in [0.29, 0.717) is 35.2 Å². The van der Waals surface area contributed by atoms with Gasteiger partial charge < -0.3 is 14.5 Å². The molecule has 0 bridgehead atoms. The van der Waals surface area contributed by atoms with Crippen LogP contribution in [0.4, 0.5) is 5.69 Å². The van der Waals surface area contributed by atoms with Crippen molar-refractivity contribution in [3.05, 3.63) is 101 Å². The van der Waals surface area contributed by atoms with Gasteiger partial charge in [-0.15, -0.1) is 0 Å². The second-order valence-corrected chi connectivity index (χ2v) is 8.20. The number of amides is 1. The van der Waals surface area contributed by atoms with Crippen LogP contribution in [-0.2, 0) is 4.74 Å². The largest absolute Gasteiger partial charge is 0.457 e. The molecule has 5 nitrogen and oxygen atoms in total. The quantitative estimate of drug-likeness (QED) is 0.423. The summed E-state index contributed by atoms with van der Waals surface area (Å²) in [5, 5.41) is 4.66. The highest BCUT2D eigenvalue weighted by Crippen LogP contribution is 2.41. The number of anilines is 1. The third-order valence-corrected chi connectivity index (χ3v) is 5.96. The van der Waals surface area contributed by atoms with Crippen LogP contribution in [0.3, 0.4) is 0 Å². The number of rotatable bonds is 5. The zero-order chi connectivity index (χ0) is 21.9. The first-order valence-corrected chi connectivity index (χ1v) is 11.0. The average molecular weight is 447 g/mol. The first-order valence-electron chi connectivity index (χ1n) is 10.7. The first-order chi connectivity index (χ1) is 15.7. The Morgan fingerprint density at radius 3 is 2.47 bits per heavy atom. The number of nitrogens with one attached hydrogen (secondary N) is 1. The Kier molecular flexibility index (Phi) is 5.95. The second kappa shape index (κ2) is 9.17. The molecule has 0 radical (unpaired) electrons. The molecule has 0 unspecified atom stereocenters. The Hall–Kier alpha value is -3.12. The van der Waals surface area contributed by atoms with Gasteiger partial charge in [-0.25, -0.2) is 0 Å². The van der Waals surface area contributed by atoms with E-state index < -0.39 is 0 Å². The number of morpholine rings is 1. The van der Waals surface area contributed by atoms with Crippen LogP contribution >= 0.6 is 11.6 Å². The maximum atomic E-state index is 13.1. The molecule has 3 aromatic carbocycles. The summed E-state index contributed by atoms with van der Waals surface area (Å²) in [5.41, 5.74) is 3.01. The molecule has 6 heteroatoms. The minimum atomic E-state index is -0.212. The lowest BCUT2D eigenvalue weighted by Gasteiger charge is -2.34. The molecule has 1 N–H and O–H groups in total. The fraction of sp³-hybridized carbons (Fsp3) is 0.192. The molecule has 162 valence electrons. The van der Waals surface area contributed by atoms with Gasteiger partial charge in [-0.1, -0.05) is 54.1 Å². The van der Waals surface area contributed by atoms with Gasteiger partial charge >= 0.3 is 0 Å². The van der Waals surface area contributed by atoms with Crippen molar-refractivity contribution in [2.45, 2.75) is 6.04 Å². The normalized spacial score (nSPS) is 15.5. The van der Waals surface area contributed by atoms with Crippen LogP contribution in [0, 0.1) is 0 Å². The van der Waals surface area contributed by atoms with Crippen molar-refractivity contribution in [2.75, 3.05) is 31.6 Å². The van der Waals surface area contributed by atoms with Crippen molar-refractivity contribution in [1.82, 2.24) is 4.90 Å². The summed E-state index contributed by atoms with van der Waals surface area (Å²) in [4.78, 5) is 15.4. The van der Waals surface area contributed by atoms with Crippen LogP contribution in [0.5, 0.6) is 0 Å². The van der Waals surface area contributed by atoms with E-state index in [0.717, 1.165) is 29.6 Å². The zero-order valence-electron chi connectivity index (χ0n) is 17.5. The lowest BCUT2D eigenvalue weighted by Crippen LogP contribution is -2.39. The summed E-state index contributed by atoms with van der Waals surface area (Å²) in [6.45, 7) is 2.78. The van der Waals surface area contributed by atoms with Gasteiger partial charge in [0.25, 0.3) is 5.91 Å². The van der Waals surface area contributed by atoms with Gasteiger partial charge in [0, 0.05) is 29.1 Å². The molecule has 1 aromatic heterocycles. The van der Waals surface area contributed by atoms with Crippen LogP contribution < -0.4 is 5.32 Å². The molecule has 1 fully saturated rings. The van der Waals surface area contributed by atoms with Crippen molar-refractivity contribution in [3.8, 4) is 0 Å². The standard InChI is InChI=1S/C26H23ClN2O3/c27-20-10-6-9-19(17-20)24(29-13-15-31-16-14-29)25-23(21-11-4-5-12-22(21)32-25)28-26(30)18-7-2-1-3-8-18/h1-12,17,24H,13-16H2,(H,28,30)/t24-/m0/s1. The van der Waals surface area contributed by atoms with Gasteiger partial charge in [-0.05, 0) is 42.0 Å². The van der Waals surface area contributed by atoms with E-state index in [4.69, 9.17) is 20.8 Å². The number of hydrogen-bond donors (Lipinski definition) is 1. The maximum Gasteiger partial charge on any atom is 0.255 e. The minimum absolute atomic E-state index is 0.176. The third-order valence-electron chi connectivity index (χ3n) is 5.72.